The summed E-state index contributed by atoms with van der Waals surface area (Å²) in [5.74, 6) is -1.73. The second kappa shape index (κ2) is 11.8. The Kier molecular flexibility index (Phi) is 8.61. The van der Waals surface area contributed by atoms with Crippen LogP contribution in [0.5, 0.6) is 5.75 Å². The number of carbonyl (C=O) groups is 3. The fourth-order valence-corrected chi connectivity index (χ4v) is 2.94. The molecule has 3 aromatic carbocycles. The molecule has 3 rings (SSSR count). The first-order valence-electron chi connectivity index (χ1n) is 9.99. The maximum atomic E-state index is 12.1. The number of ether oxygens (including phenoxy) is 1. The summed E-state index contributed by atoms with van der Waals surface area (Å²) in [4.78, 5) is 36.0. The van der Waals surface area contributed by atoms with E-state index in [4.69, 9.17) is 27.9 Å². The van der Waals surface area contributed by atoms with Crippen LogP contribution in [-0.2, 0) is 14.4 Å². The highest BCUT2D eigenvalue weighted by molar-refractivity contribution is 6.42. The third kappa shape index (κ3) is 7.61. The Balaban J connectivity index is 1.48. The molecular weight excluding hydrogens is 479 g/mol. The SMILES string of the molecule is Cc1ccc(NC(=O)C(=O)N/N=C\c2cccc(OCC(=O)Nc3ccc(Cl)c(Cl)c3)c2)cc1. The zero-order valence-corrected chi connectivity index (χ0v) is 19.5. The van der Waals surface area contributed by atoms with E-state index in [-0.39, 0.29) is 12.5 Å². The van der Waals surface area contributed by atoms with E-state index < -0.39 is 11.8 Å². The van der Waals surface area contributed by atoms with Crippen molar-refractivity contribution in [3.63, 3.8) is 0 Å². The Hall–Kier alpha value is -3.88. The Labute approximate surface area is 205 Å². The summed E-state index contributed by atoms with van der Waals surface area (Å²) in [7, 11) is 0. The molecule has 3 N–H and O–H groups in total. The van der Waals surface area contributed by atoms with Gasteiger partial charge in [0.15, 0.2) is 6.61 Å². The quantitative estimate of drug-likeness (QED) is 0.254. The lowest BCUT2D eigenvalue weighted by Gasteiger charge is -2.08. The number of aryl methyl sites for hydroxylation is 1. The maximum Gasteiger partial charge on any atom is 0.329 e. The summed E-state index contributed by atoms with van der Waals surface area (Å²) in [6, 6.07) is 18.5. The van der Waals surface area contributed by atoms with Crippen molar-refractivity contribution in [2.45, 2.75) is 6.92 Å². The van der Waals surface area contributed by atoms with Crippen molar-refractivity contribution < 1.29 is 19.1 Å². The molecule has 0 atom stereocenters. The first kappa shape index (κ1) is 24.8. The normalized spacial score (nSPS) is 10.6. The third-order valence-electron chi connectivity index (χ3n) is 4.33. The highest BCUT2D eigenvalue weighted by atomic mass is 35.5. The van der Waals surface area contributed by atoms with Gasteiger partial charge in [-0.3, -0.25) is 14.4 Å². The van der Waals surface area contributed by atoms with Crippen LogP contribution >= 0.6 is 23.2 Å². The molecule has 0 saturated heterocycles. The van der Waals surface area contributed by atoms with Crippen LogP contribution in [0.15, 0.2) is 71.8 Å². The predicted molar refractivity (Wildman–Crippen MR) is 133 cm³/mol. The van der Waals surface area contributed by atoms with Crippen molar-refractivity contribution in [1.82, 2.24) is 5.43 Å². The van der Waals surface area contributed by atoms with Gasteiger partial charge in [-0.1, -0.05) is 53.0 Å². The number of nitrogens with zero attached hydrogens (tertiary/aromatic N) is 1. The van der Waals surface area contributed by atoms with E-state index in [1.807, 2.05) is 19.1 Å². The zero-order valence-electron chi connectivity index (χ0n) is 18.0. The number of amides is 3. The van der Waals surface area contributed by atoms with Crippen LogP contribution in [0.2, 0.25) is 10.0 Å². The van der Waals surface area contributed by atoms with E-state index in [1.54, 1.807) is 48.5 Å². The molecule has 3 amide bonds. The molecule has 0 aliphatic carbocycles. The van der Waals surface area contributed by atoms with Crippen molar-refractivity contribution in [3.8, 4) is 5.75 Å². The largest absolute Gasteiger partial charge is 0.484 e. The highest BCUT2D eigenvalue weighted by Crippen LogP contribution is 2.25. The number of benzene rings is 3. The molecule has 0 aliphatic heterocycles. The monoisotopic (exact) mass is 498 g/mol. The Bertz CT molecular complexity index is 1230. The average Bonchev–Trinajstić information content (AvgIpc) is 2.82. The van der Waals surface area contributed by atoms with Crippen molar-refractivity contribution >= 4 is 58.5 Å². The van der Waals surface area contributed by atoms with Gasteiger partial charge in [0.25, 0.3) is 5.91 Å². The van der Waals surface area contributed by atoms with Crippen molar-refractivity contribution in [3.05, 3.63) is 87.9 Å². The summed E-state index contributed by atoms with van der Waals surface area (Å²) in [5, 5.41) is 9.63. The maximum absolute atomic E-state index is 12.1. The molecule has 0 unspecified atom stereocenters. The molecule has 0 radical (unpaired) electrons. The lowest BCUT2D eigenvalue weighted by molar-refractivity contribution is -0.136. The van der Waals surface area contributed by atoms with Crippen LogP contribution in [0.4, 0.5) is 11.4 Å². The molecule has 0 aliphatic rings. The van der Waals surface area contributed by atoms with Crippen LogP contribution in [0.3, 0.4) is 0 Å². The van der Waals surface area contributed by atoms with Gasteiger partial charge in [-0.15, -0.1) is 0 Å². The standard InChI is InChI=1S/C24H20Cl2N4O4/c1-15-5-7-17(8-6-15)29-23(32)24(33)30-27-13-16-3-2-4-19(11-16)34-14-22(31)28-18-9-10-20(25)21(26)12-18/h2-13H,14H2,1H3,(H,28,31)(H,29,32)(H,30,33)/b27-13-. The molecule has 8 nitrogen and oxygen atoms in total. The van der Waals surface area contributed by atoms with Crippen LogP contribution in [0, 0.1) is 6.92 Å². The van der Waals surface area contributed by atoms with Crippen LogP contribution in [0.1, 0.15) is 11.1 Å². The van der Waals surface area contributed by atoms with Gasteiger partial charge in [-0.05, 0) is 55.0 Å². The van der Waals surface area contributed by atoms with Gasteiger partial charge in [-0.25, -0.2) is 5.43 Å². The van der Waals surface area contributed by atoms with Crippen molar-refractivity contribution in [1.29, 1.82) is 0 Å². The molecule has 0 spiro atoms. The molecular formula is C24H20Cl2N4O4. The smallest absolute Gasteiger partial charge is 0.329 e. The molecule has 3 aromatic rings. The van der Waals surface area contributed by atoms with Gasteiger partial charge >= 0.3 is 11.8 Å². The molecule has 0 aromatic heterocycles. The number of halogens is 2. The molecule has 34 heavy (non-hydrogen) atoms. The van der Waals surface area contributed by atoms with Gasteiger partial charge in [0, 0.05) is 11.4 Å². The summed E-state index contributed by atoms with van der Waals surface area (Å²) >= 11 is 11.8. The molecule has 10 heteroatoms. The van der Waals surface area contributed by atoms with Crippen molar-refractivity contribution in [2.24, 2.45) is 5.10 Å². The number of hydrazone groups is 1. The predicted octanol–water partition coefficient (Wildman–Crippen LogP) is 4.41. The van der Waals surface area contributed by atoms with Gasteiger partial charge in [-0.2, -0.15) is 5.10 Å². The number of hydrogen-bond donors (Lipinski definition) is 3. The highest BCUT2D eigenvalue weighted by Gasteiger charge is 2.12. The first-order chi connectivity index (χ1) is 16.3. The number of anilines is 2. The number of rotatable bonds is 7. The minimum absolute atomic E-state index is 0.239. The molecule has 0 fully saturated rings. The molecule has 174 valence electrons. The Morgan fingerprint density at radius 1 is 0.882 bits per heavy atom. The second-order valence-electron chi connectivity index (χ2n) is 7.06. The Morgan fingerprint density at radius 2 is 1.62 bits per heavy atom. The first-order valence-corrected chi connectivity index (χ1v) is 10.7. The van der Waals surface area contributed by atoms with E-state index in [9.17, 15) is 14.4 Å². The molecule has 0 bridgehead atoms. The number of nitrogens with one attached hydrogen (secondary N) is 3. The van der Waals surface area contributed by atoms with E-state index in [0.717, 1.165) is 5.56 Å². The van der Waals surface area contributed by atoms with Gasteiger partial charge in [0.1, 0.15) is 5.75 Å². The summed E-state index contributed by atoms with van der Waals surface area (Å²) in [6.07, 6.45) is 1.35. The number of carbonyl (C=O) groups excluding carboxylic acids is 3. The molecule has 0 heterocycles. The molecule has 0 saturated carbocycles. The summed E-state index contributed by atoms with van der Waals surface area (Å²) in [6.45, 7) is 1.68. The van der Waals surface area contributed by atoms with E-state index in [0.29, 0.717) is 32.7 Å². The van der Waals surface area contributed by atoms with E-state index >= 15 is 0 Å². The lowest BCUT2D eigenvalue weighted by Crippen LogP contribution is -2.32. The zero-order chi connectivity index (χ0) is 24.5. The van der Waals surface area contributed by atoms with Crippen LogP contribution < -0.4 is 20.8 Å². The number of hydrogen-bond acceptors (Lipinski definition) is 5. The third-order valence-corrected chi connectivity index (χ3v) is 5.07. The topological polar surface area (TPSA) is 109 Å². The van der Waals surface area contributed by atoms with Crippen LogP contribution in [0.25, 0.3) is 0 Å². The van der Waals surface area contributed by atoms with E-state index in [1.165, 1.54) is 12.3 Å². The minimum Gasteiger partial charge on any atom is -0.484 e. The second-order valence-corrected chi connectivity index (χ2v) is 7.87. The van der Waals surface area contributed by atoms with Gasteiger partial charge in [0.05, 0.1) is 16.3 Å². The minimum atomic E-state index is -0.914. The van der Waals surface area contributed by atoms with E-state index in [2.05, 4.69) is 21.2 Å². The summed E-state index contributed by atoms with van der Waals surface area (Å²) in [5.41, 5.74) is 4.77. The fraction of sp³-hybridized carbons (Fsp3) is 0.0833. The summed E-state index contributed by atoms with van der Waals surface area (Å²) < 4.78 is 5.49. The van der Waals surface area contributed by atoms with Gasteiger partial charge < -0.3 is 15.4 Å². The van der Waals surface area contributed by atoms with Crippen molar-refractivity contribution in [2.75, 3.05) is 17.2 Å². The average molecular weight is 499 g/mol. The van der Waals surface area contributed by atoms with Crippen LogP contribution in [-0.4, -0.2) is 30.5 Å². The van der Waals surface area contributed by atoms with Gasteiger partial charge in [0.2, 0.25) is 0 Å². The fourth-order valence-electron chi connectivity index (χ4n) is 2.65. The Morgan fingerprint density at radius 3 is 2.35 bits per heavy atom. The lowest BCUT2D eigenvalue weighted by atomic mass is 10.2.